The molecule has 76 valence electrons. The highest BCUT2D eigenvalue weighted by Gasteiger charge is 1.94. The van der Waals surface area contributed by atoms with Gasteiger partial charge in [0.1, 0.15) is 0 Å². The van der Waals surface area contributed by atoms with Crippen molar-refractivity contribution in [2.24, 2.45) is 0 Å². The maximum absolute atomic E-state index is 5.79. The first-order valence-electron chi connectivity index (χ1n) is 4.74. The maximum atomic E-state index is 5.79. The highest BCUT2D eigenvalue weighted by atomic mass is 35.5. The molecule has 0 unspecified atom stereocenters. The van der Waals surface area contributed by atoms with E-state index < -0.39 is 0 Å². The van der Waals surface area contributed by atoms with Crippen LogP contribution < -0.4 is 5.32 Å². The Kier molecular flexibility index (Phi) is 3.20. The Hall–Kier alpha value is -1.54. The fraction of sp³-hybridized carbons (Fsp3) is 0.0833. The van der Waals surface area contributed by atoms with Crippen LogP contribution in [0, 0.1) is 0 Å². The molecule has 3 heteroatoms. The average molecular weight is 219 g/mol. The Labute approximate surface area is 93.9 Å². The molecule has 0 fully saturated rings. The first-order chi connectivity index (χ1) is 7.34. The molecule has 1 aromatic carbocycles. The van der Waals surface area contributed by atoms with Gasteiger partial charge in [0.05, 0.1) is 12.2 Å². The summed E-state index contributed by atoms with van der Waals surface area (Å²) in [7, 11) is 0. The van der Waals surface area contributed by atoms with Crippen LogP contribution in [0.5, 0.6) is 0 Å². The van der Waals surface area contributed by atoms with Crippen LogP contribution in [0.2, 0.25) is 5.02 Å². The van der Waals surface area contributed by atoms with Crippen LogP contribution in [-0.2, 0) is 6.54 Å². The van der Waals surface area contributed by atoms with E-state index in [0.29, 0.717) is 0 Å². The third-order valence-corrected chi connectivity index (χ3v) is 2.30. The standard InChI is InChI=1S/C12H11ClN2/c13-10-4-6-11(7-5-10)15-9-12-3-1-2-8-14-12/h1-8,15H,9H2. The molecule has 0 amide bonds. The van der Waals surface area contributed by atoms with Crippen molar-refractivity contribution in [3.8, 4) is 0 Å². The Bertz CT molecular complexity index is 411. The van der Waals surface area contributed by atoms with Crippen molar-refractivity contribution in [2.75, 3.05) is 5.32 Å². The molecule has 1 N–H and O–H groups in total. The van der Waals surface area contributed by atoms with E-state index in [4.69, 9.17) is 11.6 Å². The van der Waals surface area contributed by atoms with Gasteiger partial charge < -0.3 is 5.32 Å². The van der Waals surface area contributed by atoms with Crippen molar-refractivity contribution in [1.29, 1.82) is 0 Å². The molecule has 0 saturated carbocycles. The van der Waals surface area contributed by atoms with Gasteiger partial charge >= 0.3 is 0 Å². The van der Waals surface area contributed by atoms with Gasteiger partial charge in [-0.3, -0.25) is 4.98 Å². The topological polar surface area (TPSA) is 24.9 Å². The number of nitrogens with one attached hydrogen (secondary N) is 1. The fourth-order valence-corrected chi connectivity index (χ4v) is 1.39. The molecule has 1 heterocycles. The quantitative estimate of drug-likeness (QED) is 0.855. The third-order valence-electron chi connectivity index (χ3n) is 2.04. The van der Waals surface area contributed by atoms with E-state index in [-0.39, 0.29) is 0 Å². The van der Waals surface area contributed by atoms with E-state index in [9.17, 15) is 0 Å². The molecule has 2 rings (SSSR count). The highest BCUT2D eigenvalue weighted by molar-refractivity contribution is 6.30. The lowest BCUT2D eigenvalue weighted by Gasteiger charge is -2.05. The number of rotatable bonds is 3. The van der Waals surface area contributed by atoms with Crippen LogP contribution >= 0.6 is 11.6 Å². The molecular weight excluding hydrogens is 208 g/mol. The summed E-state index contributed by atoms with van der Waals surface area (Å²) < 4.78 is 0. The van der Waals surface area contributed by atoms with Crippen LogP contribution in [0.25, 0.3) is 0 Å². The summed E-state index contributed by atoms with van der Waals surface area (Å²) in [6.45, 7) is 0.725. The second kappa shape index (κ2) is 4.80. The van der Waals surface area contributed by atoms with Gasteiger partial charge in [0.25, 0.3) is 0 Å². The summed E-state index contributed by atoms with van der Waals surface area (Å²) in [5, 5.41) is 4.02. The summed E-state index contributed by atoms with van der Waals surface area (Å²) in [5.41, 5.74) is 2.07. The van der Waals surface area contributed by atoms with Crippen molar-refractivity contribution < 1.29 is 0 Å². The van der Waals surface area contributed by atoms with Crippen LogP contribution in [0.4, 0.5) is 5.69 Å². The zero-order valence-corrected chi connectivity index (χ0v) is 8.91. The zero-order chi connectivity index (χ0) is 10.5. The minimum absolute atomic E-state index is 0.725. The van der Waals surface area contributed by atoms with Gasteiger partial charge in [0.15, 0.2) is 0 Å². The van der Waals surface area contributed by atoms with Gasteiger partial charge in [-0.05, 0) is 36.4 Å². The molecule has 0 aliphatic rings. The van der Waals surface area contributed by atoms with Crippen molar-refractivity contribution in [1.82, 2.24) is 4.98 Å². The van der Waals surface area contributed by atoms with E-state index in [1.165, 1.54) is 0 Å². The monoisotopic (exact) mass is 218 g/mol. The zero-order valence-electron chi connectivity index (χ0n) is 8.15. The SMILES string of the molecule is Clc1ccc(NCc2ccccn2)cc1. The normalized spacial score (nSPS) is 9.93. The Morgan fingerprint density at radius 3 is 2.53 bits per heavy atom. The lowest BCUT2D eigenvalue weighted by Crippen LogP contribution is -2.00. The van der Waals surface area contributed by atoms with E-state index >= 15 is 0 Å². The largest absolute Gasteiger partial charge is 0.379 e. The summed E-state index contributed by atoms with van der Waals surface area (Å²) >= 11 is 5.79. The summed E-state index contributed by atoms with van der Waals surface area (Å²) in [6.07, 6.45) is 1.79. The molecule has 2 nitrogen and oxygen atoms in total. The lowest BCUT2D eigenvalue weighted by molar-refractivity contribution is 1.05. The Balaban J connectivity index is 1.96. The fourth-order valence-electron chi connectivity index (χ4n) is 1.26. The predicted octanol–water partition coefficient (Wildman–Crippen LogP) is 3.35. The first kappa shape index (κ1) is 9.99. The van der Waals surface area contributed by atoms with E-state index in [0.717, 1.165) is 22.9 Å². The molecule has 0 radical (unpaired) electrons. The molecule has 0 saturated heterocycles. The van der Waals surface area contributed by atoms with Crippen LogP contribution in [0.3, 0.4) is 0 Å². The van der Waals surface area contributed by atoms with Gasteiger partial charge in [-0.1, -0.05) is 17.7 Å². The molecule has 1 aromatic heterocycles. The van der Waals surface area contributed by atoms with Gasteiger partial charge in [-0.2, -0.15) is 0 Å². The third kappa shape index (κ3) is 2.96. The minimum Gasteiger partial charge on any atom is -0.379 e. The number of aromatic nitrogens is 1. The van der Waals surface area contributed by atoms with Gasteiger partial charge in [-0.15, -0.1) is 0 Å². The predicted molar refractivity (Wildman–Crippen MR) is 63.0 cm³/mol. The summed E-state index contributed by atoms with van der Waals surface area (Å²) in [6, 6.07) is 13.5. The number of halogens is 1. The van der Waals surface area contributed by atoms with Gasteiger partial charge in [0, 0.05) is 16.9 Å². The first-order valence-corrected chi connectivity index (χ1v) is 5.12. The highest BCUT2D eigenvalue weighted by Crippen LogP contribution is 2.13. The molecule has 15 heavy (non-hydrogen) atoms. The number of hydrogen-bond donors (Lipinski definition) is 1. The molecule has 2 aromatic rings. The van der Waals surface area contributed by atoms with Crippen molar-refractivity contribution in [3.63, 3.8) is 0 Å². The van der Waals surface area contributed by atoms with Crippen LogP contribution in [0.1, 0.15) is 5.69 Å². The number of nitrogens with zero attached hydrogens (tertiary/aromatic N) is 1. The summed E-state index contributed by atoms with van der Waals surface area (Å²) in [4.78, 5) is 4.22. The number of pyridine rings is 1. The van der Waals surface area contributed by atoms with Crippen molar-refractivity contribution >= 4 is 17.3 Å². The Morgan fingerprint density at radius 2 is 1.87 bits per heavy atom. The average Bonchev–Trinajstić information content (AvgIpc) is 2.30. The molecule has 0 spiro atoms. The van der Waals surface area contributed by atoms with E-state index in [1.807, 2.05) is 42.5 Å². The molecular formula is C12H11ClN2. The minimum atomic E-state index is 0.725. The van der Waals surface area contributed by atoms with Crippen molar-refractivity contribution in [3.05, 3.63) is 59.4 Å². The molecule has 0 atom stereocenters. The smallest absolute Gasteiger partial charge is 0.0594 e. The van der Waals surface area contributed by atoms with E-state index in [2.05, 4.69) is 10.3 Å². The number of hydrogen-bond acceptors (Lipinski definition) is 2. The second-order valence-electron chi connectivity index (χ2n) is 3.18. The van der Waals surface area contributed by atoms with Gasteiger partial charge in [-0.25, -0.2) is 0 Å². The summed E-state index contributed by atoms with van der Waals surface area (Å²) in [5.74, 6) is 0. The Morgan fingerprint density at radius 1 is 1.07 bits per heavy atom. The molecule has 0 aliphatic heterocycles. The van der Waals surface area contributed by atoms with E-state index in [1.54, 1.807) is 6.20 Å². The molecule has 0 aliphatic carbocycles. The van der Waals surface area contributed by atoms with Gasteiger partial charge in [0.2, 0.25) is 0 Å². The van der Waals surface area contributed by atoms with Crippen molar-refractivity contribution in [2.45, 2.75) is 6.54 Å². The second-order valence-corrected chi connectivity index (χ2v) is 3.62. The molecule has 0 bridgehead atoms. The lowest BCUT2D eigenvalue weighted by atomic mass is 10.3. The number of benzene rings is 1. The van der Waals surface area contributed by atoms with Crippen LogP contribution in [0.15, 0.2) is 48.7 Å². The maximum Gasteiger partial charge on any atom is 0.0594 e. The number of anilines is 1. The van der Waals surface area contributed by atoms with Crippen LogP contribution in [-0.4, -0.2) is 4.98 Å².